The first kappa shape index (κ1) is 27.3. The number of nitrogens with two attached hydrogens (primary N) is 1. The molecule has 1 aromatic rings. The first-order chi connectivity index (χ1) is 16.8. The van der Waals surface area contributed by atoms with Gasteiger partial charge in [0, 0.05) is 32.4 Å². The van der Waals surface area contributed by atoms with Crippen molar-refractivity contribution in [1.82, 2.24) is 9.79 Å². The van der Waals surface area contributed by atoms with Crippen LogP contribution in [0.3, 0.4) is 0 Å². The number of nitrogens with one attached hydrogen (secondary N) is 1. The van der Waals surface area contributed by atoms with E-state index in [0.717, 1.165) is 44.6 Å². The molecule has 2 heterocycles. The van der Waals surface area contributed by atoms with Gasteiger partial charge in [-0.25, -0.2) is 18.7 Å². The Morgan fingerprint density at radius 3 is 2.20 bits per heavy atom. The second-order valence-corrected chi connectivity index (χ2v) is 10.7. The van der Waals surface area contributed by atoms with Crippen LogP contribution in [0.15, 0.2) is 23.1 Å². The number of amides is 2. The molecule has 2 aliphatic rings. The van der Waals surface area contributed by atoms with Gasteiger partial charge in [0.1, 0.15) is 6.61 Å². The summed E-state index contributed by atoms with van der Waals surface area (Å²) in [5.74, 6) is 0. The van der Waals surface area contributed by atoms with E-state index < -0.39 is 26.7 Å². The van der Waals surface area contributed by atoms with Crippen molar-refractivity contribution in [2.45, 2.75) is 75.1 Å². The van der Waals surface area contributed by atoms with E-state index in [4.69, 9.17) is 20.0 Å². The molecular formula is C22H34N4O8S. The Bertz CT molecular complexity index is 940. The lowest BCUT2D eigenvalue weighted by Gasteiger charge is -2.29. The molecule has 0 spiro atoms. The molecule has 3 rings (SSSR count). The molecule has 1 aromatic carbocycles. The third-order valence-corrected chi connectivity index (χ3v) is 8.14. The number of benzene rings is 1. The molecule has 2 fully saturated rings. The number of ether oxygens (including phenoxy) is 2. The Morgan fingerprint density at radius 1 is 1.11 bits per heavy atom. The van der Waals surface area contributed by atoms with Gasteiger partial charge < -0.3 is 15.2 Å². The topological polar surface area (TPSA) is 163 Å². The summed E-state index contributed by atoms with van der Waals surface area (Å²) in [6.07, 6.45) is 6.99. The van der Waals surface area contributed by atoms with Gasteiger partial charge in [-0.15, -0.1) is 0 Å². The quantitative estimate of drug-likeness (QED) is 0.317. The van der Waals surface area contributed by atoms with E-state index >= 15 is 0 Å². The standard InChI is InChI=1S/C22H34N4O8S/c23-22(27)24-34-16-17-7-8-20(15-21(17)26(28)29)35(30,31)25(11-9-18-5-1-3-13-32-18)12-10-19-6-2-4-14-33-19/h7-8,15,18-19H,1-6,9-14,16H2,(H3,23,24,27). The summed E-state index contributed by atoms with van der Waals surface area (Å²) in [7, 11) is -4.02. The predicted molar refractivity (Wildman–Crippen MR) is 126 cm³/mol. The third-order valence-electron chi connectivity index (χ3n) is 6.24. The molecule has 0 aromatic heterocycles. The fourth-order valence-corrected chi connectivity index (χ4v) is 5.82. The lowest BCUT2D eigenvalue weighted by atomic mass is 10.1. The maximum Gasteiger partial charge on any atom is 0.336 e. The first-order valence-corrected chi connectivity index (χ1v) is 13.4. The number of hydrogen-bond donors (Lipinski definition) is 2. The summed E-state index contributed by atoms with van der Waals surface area (Å²) >= 11 is 0. The normalized spacial score (nSPS) is 21.1. The van der Waals surface area contributed by atoms with E-state index in [1.165, 1.54) is 16.4 Å². The van der Waals surface area contributed by atoms with Gasteiger partial charge in [-0.05, 0) is 63.5 Å². The van der Waals surface area contributed by atoms with Crippen molar-refractivity contribution in [1.29, 1.82) is 0 Å². The minimum absolute atomic E-state index is 0.000929. The number of hydrogen-bond acceptors (Lipinski definition) is 8. The summed E-state index contributed by atoms with van der Waals surface area (Å²) in [5.41, 5.74) is 6.48. The van der Waals surface area contributed by atoms with Gasteiger partial charge in [0.15, 0.2) is 0 Å². The van der Waals surface area contributed by atoms with E-state index in [2.05, 4.69) is 0 Å². The Kier molecular flexibility index (Phi) is 10.2. The molecule has 2 aliphatic heterocycles. The van der Waals surface area contributed by atoms with Crippen molar-refractivity contribution in [3.05, 3.63) is 33.9 Å². The van der Waals surface area contributed by atoms with Crippen molar-refractivity contribution in [3.8, 4) is 0 Å². The zero-order chi connectivity index (χ0) is 25.3. The van der Waals surface area contributed by atoms with Crippen LogP contribution in [0.1, 0.15) is 56.9 Å². The Hall–Kier alpha value is -2.32. The van der Waals surface area contributed by atoms with Gasteiger partial charge in [-0.1, -0.05) is 0 Å². The van der Waals surface area contributed by atoms with Gasteiger partial charge in [-0.3, -0.25) is 15.0 Å². The highest BCUT2D eigenvalue weighted by Gasteiger charge is 2.29. The SMILES string of the molecule is NC(=O)NOCc1ccc(S(=O)(=O)N(CCC2CCCCO2)CCC2CCCCO2)cc1[N+](=O)[O-]. The van der Waals surface area contributed by atoms with Crippen LogP contribution in [-0.4, -0.2) is 62.2 Å². The molecule has 0 aliphatic carbocycles. The van der Waals surface area contributed by atoms with Crippen LogP contribution in [0.25, 0.3) is 0 Å². The van der Waals surface area contributed by atoms with Gasteiger partial charge in [0.2, 0.25) is 10.0 Å². The van der Waals surface area contributed by atoms with Gasteiger partial charge in [-0.2, -0.15) is 4.31 Å². The fourth-order valence-electron chi connectivity index (χ4n) is 4.33. The minimum atomic E-state index is -4.02. The average molecular weight is 515 g/mol. The van der Waals surface area contributed by atoms with Gasteiger partial charge in [0.25, 0.3) is 5.69 Å². The first-order valence-electron chi connectivity index (χ1n) is 12.0. The van der Waals surface area contributed by atoms with Crippen LogP contribution in [-0.2, 0) is 30.9 Å². The third kappa shape index (κ3) is 8.10. The van der Waals surface area contributed by atoms with Gasteiger partial charge >= 0.3 is 6.03 Å². The summed E-state index contributed by atoms with van der Waals surface area (Å²) < 4.78 is 40.1. The van der Waals surface area contributed by atoms with E-state index in [-0.39, 0.29) is 42.4 Å². The number of nitrogens with zero attached hydrogens (tertiary/aromatic N) is 2. The molecule has 2 atom stereocenters. The fraction of sp³-hybridized carbons (Fsp3) is 0.682. The lowest BCUT2D eigenvalue weighted by molar-refractivity contribution is -0.386. The van der Waals surface area contributed by atoms with Crippen LogP contribution >= 0.6 is 0 Å². The monoisotopic (exact) mass is 514 g/mol. The number of rotatable bonds is 12. The second kappa shape index (κ2) is 13.1. The maximum absolute atomic E-state index is 13.6. The largest absolute Gasteiger partial charge is 0.378 e. The van der Waals surface area contributed by atoms with Crippen LogP contribution in [0, 0.1) is 10.1 Å². The number of urea groups is 1. The molecule has 2 amide bonds. The van der Waals surface area contributed by atoms with Crippen molar-refractivity contribution >= 4 is 21.7 Å². The molecule has 12 nitrogen and oxygen atoms in total. The Morgan fingerprint density at radius 2 is 1.71 bits per heavy atom. The number of carbonyl (C=O) groups is 1. The molecule has 0 radical (unpaired) electrons. The Balaban J connectivity index is 1.78. The number of nitro benzene ring substituents is 1. The summed E-state index contributed by atoms with van der Waals surface area (Å²) in [6.45, 7) is 1.50. The highest BCUT2D eigenvalue weighted by molar-refractivity contribution is 7.89. The molecule has 13 heteroatoms. The molecule has 35 heavy (non-hydrogen) atoms. The summed E-state index contributed by atoms with van der Waals surface area (Å²) in [6, 6.07) is 2.69. The number of nitro groups is 1. The van der Waals surface area contributed by atoms with E-state index in [9.17, 15) is 23.3 Å². The van der Waals surface area contributed by atoms with Crippen molar-refractivity contribution in [3.63, 3.8) is 0 Å². The van der Waals surface area contributed by atoms with Gasteiger partial charge in [0.05, 0.1) is 27.6 Å². The van der Waals surface area contributed by atoms with Crippen molar-refractivity contribution in [2.24, 2.45) is 5.73 Å². The highest BCUT2D eigenvalue weighted by Crippen LogP contribution is 2.27. The van der Waals surface area contributed by atoms with E-state index in [1.807, 2.05) is 5.48 Å². The molecule has 2 unspecified atom stereocenters. The molecule has 196 valence electrons. The van der Waals surface area contributed by atoms with Crippen LogP contribution in [0.4, 0.5) is 10.5 Å². The number of sulfonamides is 1. The minimum Gasteiger partial charge on any atom is -0.378 e. The van der Waals surface area contributed by atoms with Crippen LogP contribution in [0.2, 0.25) is 0 Å². The molecule has 0 bridgehead atoms. The van der Waals surface area contributed by atoms with Crippen LogP contribution < -0.4 is 11.2 Å². The maximum atomic E-state index is 13.6. The smallest absolute Gasteiger partial charge is 0.336 e. The van der Waals surface area contributed by atoms with Crippen LogP contribution in [0.5, 0.6) is 0 Å². The van der Waals surface area contributed by atoms with E-state index in [0.29, 0.717) is 26.1 Å². The highest BCUT2D eigenvalue weighted by atomic mass is 32.2. The molecular weight excluding hydrogens is 480 g/mol. The summed E-state index contributed by atoms with van der Waals surface area (Å²) in [5, 5.41) is 11.6. The van der Waals surface area contributed by atoms with Crippen molar-refractivity contribution in [2.75, 3.05) is 26.3 Å². The lowest BCUT2D eigenvalue weighted by Crippen LogP contribution is -2.37. The Labute approximate surface area is 205 Å². The zero-order valence-corrected chi connectivity index (χ0v) is 20.5. The zero-order valence-electron chi connectivity index (χ0n) is 19.7. The second-order valence-electron chi connectivity index (χ2n) is 8.76. The molecule has 0 saturated carbocycles. The number of hydroxylamine groups is 1. The summed E-state index contributed by atoms with van der Waals surface area (Å²) in [4.78, 5) is 26.4. The predicted octanol–water partition coefficient (Wildman–Crippen LogP) is 2.60. The number of carbonyl (C=O) groups excluding carboxylic acids is 1. The van der Waals surface area contributed by atoms with E-state index in [1.54, 1.807) is 0 Å². The molecule has 3 N–H and O–H groups in total. The molecule has 2 saturated heterocycles. The number of primary amides is 1. The average Bonchev–Trinajstić information content (AvgIpc) is 2.85. The van der Waals surface area contributed by atoms with Crippen molar-refractivity contribution < 1.29 is 32.4 Å².